The molecule has 1 aromatic rings. The molecule has 0 unspecified atom stereocenters. The first-order chi connectivity index (χ1) is 10.0. The molecule has 1 aliphatic rings. The van der Waals surface area contributed by atoms with Crippen molar-refractivity contribution in [3.05, 3.63) is 29.8 Å². The lowest BCUT2D eigenvalue weighted by Gasteiger charge is -2.34. The maximum Gasteiger partial charge on any atom is 0.319 e. The number of amides is 2. The molecular formula is C17H27N3O. The number of nitrogens with one attached hydrogen (secondary N) is 2. The van der Waals surface area contributed by atoms with E-state index in [1.54, 1.807) is 0 Å². The number of anilines is 1. The average Bonchev–Trinajstić information content (AvgIpc) is 2.45. The molecule has 21 heavy (non-hydrogen) atoms. The molecule has 0 aliphatic carbocycles. The maximum absolute atomic E-state index is 11.9. The Kier molecular flexibility index (Phi) is 5.62. The molecule has 1 aromatic carbocycles. The van der Waals surface area contributed by atoms with Gasteiger partial charge in [0.15, 0.2) is 0 Å². The lowest BCUT2D eigenvalue weighted by molar-refractivity contribution is 0.149. The maximum atomic E-state index is 11.9. The summed E-state index contributed by atoms with van der Waals surface area (Å²) in [5, 5.41) is 5.88. The summed E-state index contributed by atoms with van der Waals surface area (Å²) in [7, 11) is 0. The zero-order valence-electron chi connectivity index (χ0n) is 13.4. The molecular weight excluding hydrogens is 262 g/mol. The Bertz CT molecular complexity index is 465. The number of likely N-dealkylation sites (tertiary alicyclic amines) is 1. The fourth-order valence-corrected chi connectivity index (χ4v) is 2.81. The molecule has 116 valence electrons. The lowest BCUT2D eigenvalue weighted by Crippen LogP contribution is -2.42. The van der Waals surface area contributed by atoms with Gasteiger partial charge in [-0.05, 0) is 70.3 Å². The normalized spacial score (nSPS) is 17.0. The Balaban J connectivity index is 1.70. The van der Waals surface area contributed by atoms with E-state index in [1.807, 2.05) is 31.2 Å². The van der Waals surface area contributed by atoms with Gasteiger partial charge in [0.05, 0.1) is 0 Å². The molecule has 1 aliphatic heterocycles. The van der Waals surface area contributed by atoms with Crippen molar-refractivity contribution in [2.75, 3.05) is 25.0 Å². The zero-order chi connectivity index (χ0) is 15.2. The molecule has 0 saturated carbocycles. The number of nitrogens with zero attached hydrogens (tertiary/aromatic N) is 1. The molecule has 0 spiro atoms. The van der Waals surface area contributed by atoms with Gasteiger partial charge < -0.3 is 15.5 Å². The number of piperidine rings is 1. The molecule has 1 saturated heterocycles. The van der Waals surface area contributed by atoms with E-state index in [0.29, 0.717) is 12.0 Å². The standard InChI is InChI=1S/C17H27N3O/c1-13(2)20-9-7-15(8-10-20)12-18-17(21)19-16-6-4-5-14(3)11-16/h4-6,11,13,15H,7-10,12H2,1-3H3,(H2,18,19,21). The summed E-state index contributed by atoms with van der Waals surface area (Å²) in [4.78, 5) is 14.4. The minimum atomic E-state index is -0.105. The van der Waals surface area contributed by atoms with Crippen LogP contribution in [-0.2, 0) is 0 Å². The van der Waals surface area contributed by atoms with E-state index < -0.39 is 0 Å². The van der Waals surface area contributed by atoms with Gasteiger partial charge >= 0.3 is 6.03 Å². The molecule has 0 atom stereocenters. The van der Waals surface area contributed by atoms with Crippen LogP contribution in [-0.4, -0.2) is 36.6 Å². The summed E-state index contributed by atoms with van der Waals surface area (Å²) in [5.74, 6) is 0.600. The molecule has 1 fully saturated rings. The quantitative estimate of drug-likeness (QED) is 0.893. The van der Waals surface area contributed by atoms with E-state index in [2.05, 4.69) is 29.4 Å². The van der Waals surface area contributed by atoms with E-state index >= 15 is 0 Å². The summed E-state index contributed by atoms with van der Waals surface area (Å²) in [6.45, 7) is 9.56. The SMILES string of the molecule is Cc1cccc(NC(=O)NCC2CCN(C(C)C)CC2)c1. The van der Waals surface area contributed by atoms with Crippen LogP contribution >= 0.6 is 0 Å². The van der Waals surface area contributed by atoms with Crippen LogP contribution in [0.15, 0.2) is 24.3 Å². The molecule has 2 amide bonds. The van der Waals surface area contributed by atoms with Crippen molar-refractivity contribution < 1.29 is 4.79 Å². The van der Waals surface area contributed by atoms with E-state index in [0.717, 1.165) is 30.9 Å². The monoisotopic (exact) mass is 289 g/mol. The Morgan fingerprint density at radius 2 is 2.05 bits per heavy atom. The van der Waals surface area contributed by atoms with Gasteiger partial charge in [-0.3, -0.25) is 0 Å². The number of hydrogen-bond donors (Lipinski definition) is 2. The van der Waals surface area contributed by atoms with Crippen LogP contribution in [0.4, 0.5) is 10.5 Å². The lowest BCUT2D eigenvalue weighted by atomic mass is 9.96. The third kappa shape index (κ3) is 5.05. The predicted octanol–water partition coefficient (Wildman–Crippen LogP) is 3.24. The van der Waals surface area contributed by atoms with Crippen LogP contribution in [0.5, 0.6) is 0 Å². The van der Waals surface area contributed by atoms with Gasteiger partial charge in [-0.2, -0.15) is 0 Å². The number of urea groups is 1. The first-order valence-corrected chi connectivity index (χ1v) is 7.90. The Morgan fingerprint density at radius 1 is 1.33 bits per heavy atom. The second kappa shape index (κ2) is 7.46. The van der Waals surface area contributed by atoms with Crippen LogP contribution in [0.1, 0.15) is 32.3 Å². The van der Waals surface area contributed by atoms with E-state index in [-0.39, 0.29) is 6.03 Å². The highest BCUT2D eigenvalue weighted by atomic mass is 16.2. The van der Waals surface area contributed by atoms with Gasteiger partial charge in [0, 0.05) is 18.3 Å². The zero-order valence-corrected chi connectivity index (χ0v) is 13.4. The minimum absolute atomic E-state index is 0.105. The van der Waals surface area contributed by atoms with E-state index in [9.17, 15) is 4.79 Å². The van der Waals surface area contributed by atoms with Crippen molar-refractivity contribution in [1.82, 2.24) is 10.2 Å². The molecule has 2 N–H and O–H groups in total. The van der Waals surface area contributed by atoms with Crippen LogP contribution in [0.3, 0.4) is 0 Å². The highest BCUT2D eigenvalue weighted by molar-refractivity contribution is 5.89. The average molecular weight is 289 g/mol. The highest BCUT2D eigenvalue weighted by Gasteiger charge is 2.20. The smallest absolute Gasteiger partial charge is 0.319 e. The van der Waals surface area contributed by atoms with Gasteiger partial charge in [0.2, 0.25) is 0 Å². The Morgan fingerprint density at radius 3 is 2.67 bits per heavy atom. The van der Waals surface area contributed by atoms with Crippen LogP contribution in [0.2, 0.25) is 0 Å². The van der Waals surface area contributed by atoms with Crippen molar-refractivity contribution in [3.8, 4) is 0 Å². The summed E-state index contributed by atoms with van der Waals surface area (Å²) < 4.78 is 0. The third-order valence-electron chi connectivity index (χ3n) is 4.21. The van der Waals surface area contributed by atoms with Crippen molar-refractivity contribution in [2.24, 2.45) is 5.92 Å². The fraction of sp³-hybridized carbons (Fsp3) is 0.588. The van der Waals surface area contributed by atoms with Gasteiger partial charge in [-0.15, -0.1) is 0 Å². The second-order valence-electron chi connectivity index (χ2n) is 6.28. The van der Waals surface area contributed by atoms with E-state index in [1.165, 1.54) is 12.8 Å². The predicted molar refractivity (Wildman–Crippen MR) is 87.6 cm³/mol. The number of carbonyl (C=O) groups excluding carboxylic acids is 1. The second-order valence-corrected chi connectivity index (χ2v) is 6.28. The summed E-state index contributed by atoms with van der Waals surface area (Å²) in [6, 6.07) is 8.38. The third-order valence-corrected chi connectivity index (χ3v) is 4.21. The van der Waals surface area contributed by atoms with Gasteiger partial charge in [-0.1, -0.05) is 12.1 Å². The van der Waals surface area contributed by atoms with Crippen LogP contribution in [0, 0.1) is 12.8 Å². The summed E-state index contributed by atoms with van der Waals surface area (Å²) in [6.07, 6.45) is 2.34. The molecule has 0 radical (unpaired) electrons. The Labute approximate surface area is 127 Å². The molecule has 1 heterocycles. The van der Waals surface area contributed by atoms with Crippen LogP contribution in [0.25, 0.3) is 0 Å². The molecule has 0 aromatic heterocycles. The summed E-state index contributed by atoms with van der Waals surface area (Å²) in [5.41, 5.74) is 2.00. The first-order valence-electron chi connectivity index (χ1n) is 7.90. The number of rotatable bonds is 4. The number of hydrogen-bond acceptors (Lipinski definition) is 2. The topological polar surface area (TPSA) is 44.4 Å². The minimum Gasteiger partial charge on any atom is -0.338 e. The number of aryl methyl sites for hydroxylation is 1. The van der Waals surface area contributed by atoms with Gasteiger partial charge in [0.25, 0.3) is 0 Å². The number of benzene rings is 1. The van der Waals surface area contributed by atoms with Crippen molar-refractivity contribution in [2.45, 2.75) is 39.7 Å². The molecule has 0 bridgehead atoms. The first kappa shape index (κ1) is 15.8. The number of carbonyl (C=O) groups is 1. The van der Waals surface area contributed by atoms with Crippen LogP contribution < -0.4 is 10.6 Å². The molecule has 4 heteroatoms. The van der Waals surface area contributed by atoms with E-state index in [4.69, 9.17) is 0 Å². The Hall–Kier alpha value is -1.55. The molecule has 4 nitrogen and oxygen atoms in total. The van der Waals surface area contributed by atoms with Gasteiger partial charge in [0.1, 0.15) is 0 Å². The fourth-order valence-electron chi connectivity index (χ4n) is 2.81. The highest BCUT2D eigenvalue weighted by Crippen LogP contribution is 2.18. The molecule has 2 rings (SSSR count). The van der Waals surface area contributed by atoms with Crippen molar-refractivity contribution >= 4 is 11.7 Å². The van der Waals surface area contributed by atoms with Crippen molar-refractivity contribution in [3.63, 3.8) is 0 Å². The van der Waals surface area contributed by atoms with Crippen molar-refractivity contribution in [1.29, 1.82) is 0 Å². The summed E-state index contributed by atoms with van der Waals surface area (Å²) >= 11 is 0. The van der Waals surface area contributed by atoms with Gasteiger partial charge in [-0.25, -0.2) is 4.79 Å². The largest absolute Gasteiger partial charge is 0.338 e.